The second-order valence-electron chi connectivity index (χ2n) is 6.46. The molecule has 2 heterocycles. The lowest BCUT2D eigenvalue weighted by atomic mass is 10.1. The van der Waals surface area contributed by atoms with Gasteiger partial charge < -0.3 is 5.32 Å². The van der Waals surface area contributed by atoms with E-state index in [0.717, 1.165) is 16.1 Å². The van der Waals surface area contributed by atoms with Crippen LogP contribution in [0.2, 0.25) is 0 Å². The molecule has 2 aromatic heterocycles. The monoisotopic (exact) mass is 404 g/mol. The second kappa shape index (κ2) is 9.20. The van der Waals surface area contributed by atoms with Gasteiger partial charge in [-0.25, -0.2) is 4.98 Å². The normalized spacial score (nSPS) is 11.9. The Kier molecular flexibility index (Phi) is 6.01. The van der Waals surface area contributed by atoms with Crippen molar-refractivity contribution in [3.63, 3.8) is 0 Å². The van der Waals surface area contributed by atoms with Gasteiger partial charge in [0.05, 0.1) is 6.54 Å². The summed E-state index contributed by atoms with van der Waals surface area (Å²) in [5, 5.41) is 18.4. The van der Waals surface area contributed by atoms with E-state index in [1.54, 1.807) is 6.20 Å². The van der Waals surface area contributed by atoms with E-state index < -0.39 is 0 Å². The summed E-state index contributed by atoms with van der Waals surface area (Å²) in [7, 11) is 0. The molecular weight excluding hydrogens is 384 g/mol. The largest absolute Gasteiger partial charge is 0.343 e. The van der Waals surface area contributed by atoms with Crippen LogP contribution in [-0.2, 0) is 11.3 Å². The maximum absolute atomic E-state index is 12.5. The summed E-state index contributed by atoms with van der Waals surface area (Å²) in [4.78, 5) is 18.4. The van der Waals surface area contributed by atoms with Crippen molar-refractivity contribution in [3.8, 4) is 11.4 Å². The van der Waals surface area contributed by atoms with Gasteiger partial charge in [-0.15, -0.1) is 21.5 Å². The zero-order valence-corrected chi connectivity index (χ0v) is 16.5. The van der Waals surface area contributed by atoms with Crippen LogP contribution in [0.4, 0.5) is 0 Å². The standard InChI is InChI=1S/C21H20N6OS/c28-18(23-19(21-22-13-15-29-21)16-8-3-1-4-9-16)12-7-14-27-25-20(24-26-27)17-10-5-2-6-11-17/h1-6,8-11,13,15,19H,7,12,14H2,(H,23,28). The number of hydrogen-bond acceptors (Lipinski definition) is 6. The van der Waals surface area contributed by atoms with Gasteiger partial charge >= 0.3 is 0 Å². The fourth-order valence-electron chi connectivity index (χ4n) is 2.97. The van der Waals surface area contributed by atoms with Crippen molar-refractivity contribution in [2.45, 2.75) is 25.4 Å². The summed E-state index contributed by atoms with van der Waals surface area (Å²) < 4.78 is 0. The molecule has 4 rings (SSSR count). The van der Waals surface area contributed by atoms with Crippen LogP contribution in [0.1, 0.15) is 29.5 Å². The number of amides is 1. The Morgan fingerprint density at radius 3 is 2.55 bits per heavy atom. The van der Waals surface area contributed by atoms with E-state index in [-0.39, 0.29) is 11.9 Å². The molecule has 146 valence electrons. The highest BCUT2D eigenvalue weighted by Gasteiger charge is 2.19. The Labute approximate surface area is 172 Å². The fraction of sp³-hybridized carbons (Fsp3) is 0.190. The Hall–Kier alpha value is -3.39. The van der Waals surface area contributed by atoms with Crippen LogP contribution in [0.15, 0.2) is 72.2 Å². The number of nitrogens with one attached hydrogen (secondary N) is 1. The van der Waals surface area contributed by atoms with Crippen LogP contribution in [0, 0.1) is 0 Å². The number of benzene rings is 2. The fourth-order valence-corrected chi connectivity index (χ4v) is 3.68. The topological polar surface area (TPSA) is 85.6 Å². The van der Waals surface area contributed by atoms with Crippen LogP contribution in [0.25, 0.3) is 11.4 Å². The summed E-state index contributed by atoms with van der Waals surface area (Å²) in [6, 6.07) is 19.3. The average molecular weight is 404 g/mol. The van der Waals surface area contributed by atoms with Crippen LogP contribution < -0.4 is 5.32 Å². The third-order valence-corrected chi connectivity index (χ3v) is 5.22. The van der Waals surface area contributed by atoms with Gasteiger partial charge in [-0.2, -0.15) is 4.80 Å². The number of carbonyl (C=O) groups is 1. The first kappa shape index (κ1) is 18.9. The lowest BCUT2D eigenvalue weighted by Gasteiger charge is -2.17. The van der Waals surface area contributed by atoms with Gasteiger partial charge in [0.15, 0.2) is 0 Å². The molecule has 1 unspecified atom stereocenters. The number of carbonyl (C=O) groups excluding carboxylic acids is 1. The Morgan fingerprint density at radius 2 is 1.83 bits per heavy atom. The molecule has 0 bridgehead atoms. The van der Waals surface area contributed by atoms with E-state index in [1.165, 1.54) is 16.1 Å². The molecule has 1 atom stereocenters. The molecule has 0 aliphatic carbocycles. The maximum Gasteiger partial charge on any atom is 0.220 e. The molecule has 0 radical (unpaired) electrons. The van der Waals surface area contributed by atoms with Gasteiger partial charge in [-0.05, 0) is 17.2 Å². The van der Waals surface area contributed by atoms with E-state index in [1.807, 2.05) is 66.0 Å². The first-order valence-corrected chi connectivity index (χ1v) is 10.2. The molecule has 1 N–H and O–H groups in total. The van der Waals surface area contributed by atoms with Gasteiger partial charge in [-0.3, -0.25) is 4.79 Å². The first-order chi connectivity index (χ1) is 14.3. The molecule has 0 fully saturated rings. The minimum Gasteiger partial charge on any atom is -0.343 e. The molecule has 0 saturated carbocycles. The maximum atomic E-state index is 12.5. The van der Waals surface area contributed by atoms with Crippen molar-refractivity contribution in [1.82, 2.24) is 30.5 Å². The second-order valence-corrected chi connectivity index (χ2v) is 7.39. The van der Waals surface area contributed by atoms with Crippen molar-refractivity contribution in [3.05, 3.63) is 82.8 Å². The predicted octanol–water partition coefficient (Wildman–Crippen LogP) is 3.48. The lowest BCUT2D eigenvalue weighted by molar-refractivity contribution is -0.121. The average Bonchev–Trinajstić information content (AvgIpc) is 3.46. The van der Waals surface area contributed by atoms with Gasteiger partial charge in [0, 0.05) is 23.6 Å². The number of nitrogens with zero attached hydrogens (tertiary/aromatic N) is 5. The Balaban J connectivity index is 1.33. The van der Waals surface area contributed by atoms with E-state index in [2.05, 4.69) is 25.7 Å². The molecule has 0 aliphatic heterocycles. The highest BCUT2D eigenvalue weighted by molar-refractivity contribution is 7.09. The summed E-state index contributed by atoms with van der Waals surface area (Å²) in [6.45, 7) is 0.528. The molecule has 29 heavy (non-hydrogen) atoms. The molecule has 8 heteroatoms. The van der Waals surface area contributed by atoms with Crippen LogP contribution in [0.3, 0.4) is 0 Å². The minimum atomic E-state index is -0.238. The molecule has 7 nitrogen and oxygen atoms in total. The smallest absolute Gasteiger partial charge is 0.220 e. The molecule has 2 aromatic carbocycles. The Bertz CT molecular complexity index is 1030. The van der Waals surface area contributed by atoms with Crippen molar-refractivity contribution >= 4 is 17.2 Å². The van der Waals surface area contributed by atoms with E-state index in [0.29, 0.717) is 25.2 Å². The van der Waals surface area contributed by atoms with E-state index in [4.69, 9.17) is 0 Å². The summed E-state index contributed by atoms with van der Waals surface area (Å²) >= 11 is 1.53. The minimum absolute atomic E-state index is 0.0301. The summed E-state index contributed by atoms with van der Waals surface area (Å²) in [6.07, 6.45) is 2.75. The molecular formula is C21H20N6OS. The Morgan fingerprint density at radius 1 is 1.07 bits per heavy atom. The van der Waals surface area contributed by atoms with Gasteiger partial charge in [0.25, 0.3) is 0 Å². The van der Waals surface area contributed by atoms with Crippen LogP contribution >= 0.6 is 11.3 Å². The molecule has 4 aromatic rings. The third-order valence-electron chi connectivity index (χ3n) is 4.38. The number of tetrazole rings is 1. The van der Waals surface area contributed by atoms with Crippen molar-refractivity contribution in [2.75, 3.05) is 0 Å². The van der Waals surface area contributed by atoms with Gasteiger partial charge in [-0.1, -0.05) is 60.7 Å². The quantitative estimate of drug-likeness (QED) is 0.486. The molecule has 1 amide bonds. The van der Waals surface area contributed by atoms with Crippen molar-refractivity contribution < 1.29 is 4.79 Å². The zero-order valence-electron chi connectivity index (χ0n) is 15.7. The highest BCUT2D eigenvalue weighted by atomic mass is 32.1. The number of hydrogen-bond donors (Lipinski definition) is 1. The lowest BCUT2D eigenvalue weighted by Crippen LogP contribution is -2.29. The van der Waals surface area contributed by atoms with Crippen LogP contribution in [0.5, 0.6) is 0 Å². The SMILES string of the molecule is O=C(CCCn1nnc(-c2ccccc2)n1)NC(c1ccccc1)c1nccs1. The first-order valence-electron chi connectivity index (χ1n) is 9.36. The van der Waals surface area contributed by atoms with Crippen molar-refractivity contribution in [1.29, 1.82) is 0 Å². The van der Waals surface area contributed by atoms with Gasteiger partial charge in [0.1, 0.15) is 11.0 Å². The van der Waals surface area contributed by atoms with Gasteiger partial charge in [0.2, 0.25) is 11.7 Å². The molecule has 0 spiro atoms. The number of aromatic nitrogens is 5. The van der Waals surface area contributed by atoms with E-state index in [9.17, 15) is 4.79 Å². The number of rotatable bonds is 8. The zero-order chi connectivity index (χ0) is 19.9. The predicted molar refractivity (Wildman–Crippen MR) is 111 cm³/mol. The summed E-state index contributed by atoms with van der Waals surface area (Å²) in [5.41, 5.74) is 1.94. The van der Waals surface area contributed by atoms with Crippen molar-refractivity contribution in [2.24, 2.45) is 0 Å². The third kappa shape index (κ3) is 4.91. The number of aryl methyl sites for hydroxylation is 1. The van der Waals surface area contributed by atoms with Crippen LogP contribution in [-0.4, -0.2) is 31.1 Å². The number of thiazole rings is 1. The molecule has 0 saturated heterocycles. The molecule has 0 aliphatic rings. The summed E-state index contributed by atoms with van der Waals surface area (Å²) in [5.74, 6) is 0.556. The van der Waals surface area contributed by atoms with E-state index >= 15 is 0 Å². The highest BCUT2D eigenvalue weighted by Crippen LogP contribution is 2.23.